The Morgan fingerprint density at radius 1 is 1.35 bits per heavy atom. The molecule has 0 fully saturated rings. The Kier molecular flexibility index (Phi) is 5.53. The number of hydrogen-bond acceptors (Lipinski definition) is 4. The molecule has 0 aliphatic heterocycles. The van der Waals surface area contributed by atoms with Gasteiger partial charge in [0.2, 0.25) is 10.0 Å². The molecule has 11 heteroatoms. The van der Waals surface area contributed by atoms with Crippen LogP contribution >= 0.6 is 23.4 Å². The Labute approximate surface area is 121 Å². The van der Waals surface area contributed by atoms with Gasteiger partial charge in [-0.1, -0.05) is 11.6 Å². The molecule has 3 N–H and O–H groups in total. The highest BCUT2D eigenvalue weighted by Crippen LogP contribution is 2.30. The van der Waals surface area contributed by atoms with E-state index in [4.69, 9.17) is 17.3 Å². The summed E-state index contributed by atoms with van der Waals surface area (Å²) in [4.78, 5) is -0.491. The predicted molar refractivity (Wildman–Crippen MR) is 69.5 cm³/mol. The van der Waals surface area contributed by atoms with E-state index in [-0.39, 0.29) is 11.8 Å². The van der Waals surface area contributed by atoms with E-state index in [1.165, 1.54) is 0 Å². The molecule has 1 rings (SSSR count). The molecule has 0 aliphatic carbocycles. The van der Waals surface area contributed by atoms with Gasteiger partial charge in [-0.15, -0.1) is 0 Å². The molecule has 0 radical (unpaired) electrons. The van der Waals surface area contributed by atoms with Gasteiger partial charge in [-0.05, 0) is 23.9 Å². The second-order valence-corrected chi connectivity index (χ2v) is 6.80. The lowest BCUT2D eigenvalue weighted by atomic mass is 10.3. The minimum atomic E-state index is -4.44. The van der Waals surface area contributed by atoms with Crippen molar-refractivity contribution in [3.63, 3.8) is 0 Å². The Bertz CT molecular complexity index is 592. The van der Waals surface area contributed by atoms with Crippen molar-refractivity contribution in [1.29, 1.82) is 0 Å². The second-order valence-electron chi connectivity index (χ2n) is 3.50. The Morgan fingerprint density at radius 2 is 1.95 bits per heavy atom. The van der Waals surface area contributed by atoms with Crippen LogP contribution in [0.1, 0.15) is 0 Å². The van der Waals surface area contributed by atoms with Crippen LogP contribution in [0.15, 0.2) is 17.0 Å². The van der Waals surface area contributed by atoms with Gasteiger partial charge < -0.3 is 5.73 Å². The van der Waals surface area contributed by atoms with Crippen molar-refractivity contribution in [3.8, 4) is 0 Å². The summed E-state index contributed by atoms with van der Waals surface area (Å²) < 4.78 is 74.1. The van der Waals surface area contributed by atoms with Gasteiger partial charge in [0.15, 0.2) is 0 Å². The van der Waals surface area contributed by atoms with Crippen LogP contribution in [0.5, 0.6) is 0 Å². The number of hydrogen-bond donors (Lipinski definition) is 2. The maximum atomic E-state index is 13.0. The van der Waals surface area contributed by atoms with E-state index in [9.17, 15) is 26.0 Å². The first-order chi connectivity index (χ1) is 9.03. The van der Waals surface area contributed by atoms with Gasteiger partial charge in [0, 0.05) is 12.3 Å². The van der Waals surface area contributed by atoms with Gasteiger partial charge in [0.1, 0.15) is 10.7 Å². The SMILES string of the molecule is Nc1cc(S(=O)(=O)NCCSC(F)(F)F)c(Cl)cc1F. The van der Waals surface area contributed by atoms with Crippen molar-refractivity contribution >= 4 is 39.1 Å². The first kappa shape index (κ1) is 17.3. The predicted octanol–water partition coefficient (Wildman–Crippen LogP) is 2.59. The zero-order chi connectivity index (χ0) is 15.6. The summed E-state index contributed by atoms with van der Waals surface area (Å²) in [6.07, 6.45) is 0. The van der Waals surface area contributed by atoms with Crippen molar-refractivity contribution in [2.45, 2.75) is 10.4 Å². The molecule has 0 saturated carbocycles. The smallest absolute Gasteiger partial charge is 0.396 e. The molecule has 1 aromatic carbocycles. The van der Waals surface area contributed by atoms with Gasteiger partial charge in [-0.25, -0.2) is 17.5 Å². The number of thioether (sulfide) groups is 1. The fourth-order valence-electron chi connectivity index (χ4n) is 1.17. The number of nitrogen functional groups attached to an aromatic ring is 1. The average Bonchev–Trinajstić information content (AvgIpc) is 2.28. The van der Waals surface area contributed by atoms with Crippen LogP contribution < -0.4 is 10.5 Å². The zero-order valence-electron chi connectivity index (χ0n) is 9.67. The van der Waals surface area contributed by atoms with E-state index in [0.717, 1.165) is 12.1 Å². The third-order valence-electron chi connectivity index (χ3n) is 2.00. The molecule has 0 aliphatic rings. The van der Waals surface area contributed by atoms with Crippen LogP contribution in [0.3, 0.4) is 0 Å². The summed E-state index contributed by atoms with van der Waals surface area (Å²) >= 11 is 5.21. The number of sulfonamides is 1. The molecule has 0 spiro atoms. The van der Waals surface area contributed by atoms with E-state index in [2.05, 4.69) is 0 Å². The number of halogens is 5. The highest BCUT2D eigenvalue weighted by atomic mass is 35.5. The van der Waals surface area contributed by atoms with E-state index >= 15 is 0 Å². The summed E-state index contributed by atoms with van der Waals surface area (Å²) in [5.41, 5.74) is 0.347. The Morgan fingerprint density at radius 3 is 2.50 bits per heavy atom. The van der Waals surface area contributed by atoms with E-state index in [1.807, 2.05) is 4.72 Å². The normalized spacial score (nSPS) is 12.7. The molecule has 0 aromatic heterocycles. The fourth-order valence-corrected chi connectivity index (χ4v) is 3.32. The van der Waals surface area contributed by atoms with Crippen molar-refractivity contribution in [2.75, 3.05) is 18.0 Å². The third-order valence-corrected chi connectivity index (χ3v) is 4.66. The lowest BCUT2D eigenvalue weighted by Gasteiger charge is -2.10. The monoisotopic (exact) mass is 352 g/mol. The highest BCUT2D eigenvalue weighted by Gasteiger charge is 2.28. The lowest BCUT2D eigenvalue weighted by molar-refractivity contribution is -0.0327. The molecule has 0 unspecified atom stereocenters. The van der Waals surface area contributed by atoms with Crippen LogP contribution in [0.2, 0.25) is 5.02 Å². The third kappa shape index (κ3) is 5.00. The van der Waals surface area contributed by atoms with E-state index in [1.54, 1.807) is 0 Å². The van der Waals surface area contributed by atoms with Crippen LogP contribution in [0.4, 0.5) is 23.2 Å². The molecule has 0 bridgehead atoms. The largest absolute Gasteiger partial charge is 0.441 e. The standard InChI is InChI=1S/C9H9ClF4N2O2S2/c10-5-3-6(11)7(15)4-8(5)20(17,18)16-1-2-19-9(12,13)14/h3-4,16H,1-2,15H2. The molecular formula is C9H9ClF4N2O2S2. The molecule has 0 amide bonds. The summed E-state index contributed by atoms with van der Waals surface area (Å²) in [7, 11) is -4.16. The minimum absolute atomic E-state index is 0.365. The number of nitrogens with one attached hydrogen (secondary N) is 1. The minimum Gasteiger partial charge on any atom is -0.396 e. The molecule has 0 atom stereocenters. The van der Waals surface area contributed by atoms with Gasteiger partial charge in [0.25, 0.3) is 0 Å². The van der Waals surface area contributed by atoms with E-state index < -0.39 is 49.3 Å². The van der Waals surface area contributed by atoms with Gasteiger partial charge in [-0.2, -0.15) is 13.2 Å². The van der Waals surface area contributed by atoms with Crippen LogP contribution in [0, 0.1) is 5.82 Å². The van der Waals surface area contributed by atoms with Crippen LogP contribution in [0.25, 0.3) is 0 Å². The van der Waals surface area contributed by atoms with Crippen LogP contribution in [-0.2, 0) is 10.0 Å². The number of nitrogens with two attached hydrogens (primary N) is 1. The highest BCUT2D eigenvalue weighted by molar-refractivity contribution is 8.00. The maximum Gasteiger partial charge on any atom is 0.441 e. The van der Waals surface area contributed by atoms with Gasteiger partial charge >= 0.3 is 5.51 Å². The second kappa shape index (κ2) is 6.37. The summed E-state index contributed by atoms with van der Waals surface area (Å²) in [5.74, 6) is -1.39. The zero-order valence-corrected chi connectivity index (χ0v) is 12.1. The molecule has 4 nitrogen and oxygen atoms in total. The van der Waals surface area contributed by atoms with E-state index in [0.29, 0.717) is 0 Å². The number of rotatable bonds is 5. The summed E-state index contributed by atoms with van der Waals surface area (Å²) in [6.45, 7) is -0.458. The molecule has 0 heterocycles. The van der Waals surface area contributed by atoms with Crippen molar-refractivity contribution < 1.29 is 26.0 Å². The molecule has 20 heavy (non-hydrogen) atoms. The van der Waals surface area contributed by atoms with Crippen molar-refractivity contribution in [1.82, 2.24) is 4.72 Å². The fraction of sp³-hybridized carbons (Fsp3) is 0.333. The summed E-state index contributed by atoms with van der Waals surface area (Å²) in [5, 5.41) is -0.410. The summed E-state index contributed by atoms with van der Waals surface area (Å²) in [6, 6.07) is 1.52. The number of anilines is 1. The Balaban J connectivity index is 2.77. The molecule has 114 valence electrons. The van der Waals surface area contributed by atoms with Crippen molar-refractivity contribution in [2.24, 2.45) is 0 Å². The van der Waals surface area contributed by atoms with Gasteiger partial charge in [0.05, 0.1) is 10.7 Å². The molecule has 0 saturated heterocycles. The van der Waals surface area contributed by atoms with Crippen LogP contribution in [-0.4, -0.2) is 26.2 Å². The number of alkyl halides is 3. The topological polar surface area (TPSA) is 72.2 Å². The number of benzene rings is 1. The Hall–Kier alpha value is -0.710. The first-order valence-corrected chi connectivity index (χ1v) is 7.82. The van der Waals surface area contributed by atoms with Gasteiger partial charge in [-0.3, -0.25) is 0 Å². The first-order valence-electron chi connectivity index (χ1n) is 4.98. The molecule has 1 aromatic rings. The maximum absolute atomic E-state index is 13.0. The van der Waals surface area contributed by atoms with Crippen molar-refractivity contribution in [3.05, 3.63) is 23.0 Å². The average molecular weight is 353 g/mol. The lowest BCUT2D eigenvalue weighted by Crippen LogP contribution is -2.27. The molecular weight excluding hydrogens is 344 g/mol. The quantitative estimate of drug-likeness (QED) is 0.485.